The number of amides is 1. The number of ether oxygens (including phenoxy) is 1. The van der Waals surface area contributed by atoms with Gasteiger partial charge in [-0.3, -0.25) is 4.79 Å². The first-order valence-corrected chi connectivity index (χ1v) is 12.1. The molecule has 2 aromatic heterocycles. The Balaban J connectivity index is 1.35. The molecule has 0 unspecified atom stereocenters. The van der Waals surface area contributed by atoms with Crippen molar-refractivity contribution >= 4 is 22.8 Å². The van der Waals surface area contributed by atoms with Crippen LogP contribution in [-0.4, -0.2) is 45.9 Å². The van der Waals surface area contributed by atoms with Gasteiger partial charge >= 0.3 is 6.18 Å². The maximum atomic E-state index is 13.0. The number of halogens is 3. The summed E-state index contributed by atoms with van der Waals surface area (Å²) in [6.07, 6.45) is -1.07. The second kappa shape index (κ2) is 10.3. The predicted octanol–water partition coefficient (Wildman–Crippen LogP) is 3.96. The van der Waals surface area contributed by atoms with Gasteiger partial charge in [-0.05, 0) is 43.1 Å². The smallest absolute Gasteiger partial charge is 0.416 e. The number of alkyl halides is 3. The van der Waals surface area contributed by atoms with E-state index in [4.69, 9.17) is 15.6 Å². The summed E-state index contributed by atoms with van der Waals surface area (Å²) in [5, 5.41) is 11.7. The van der Waals surface area contributed by atoms with Crippen LogP contribution in [-0.2, 0) is 12.7 Å². The fourth-order valence-electron chi connectivity index (χ4n) is 4.61. The highest BCUT2D eigenvalue weighted by Crippen LogP contribution is 2.34. The molecule has 1 aliphatic heterocycles. The number of nitrogens with zero attached hydrogens (tertiary/aromatic N) is 4. The van der Waals surface area contributed by atoms with Crippen LogP contribution in [0.2, 0.25) is 0 Å². The van der Waals surface area contributed by atoms with Gasteiger partial charge in [0.2, 0.25) is 0 Å². The van der Waals surface area contributed by atoms with E-state index in [9.17, 15) is 18.0 Å². The van der Waals surface area contributed by atoms with Gasteiger partial charge in [-0.2, -0.15) is 18.3 Å². The molecule has 4 N–H and O–H groups in total. The number of nitrogens with two attached hydrogens (primary N) is 1. The summed E-state index contributed by atoms with van der Waals surface area (Å²) < 4.78 is 45.9. The van der Waals surface area contributed by atoms with Crippen LogP contribution in [0.4, 0.5) is 19.0 Å². The maximum absolute atomic E-state index is 13.0. The normalized spacial score (nSPS) is 15.9. The first-order chi connectivity index (χ1) is 18.3. The van der Waals surface area contributed by atoms with Crippen molar-refractivity contribution in [1.82, 2.24) is 30.4 Å². The molecule has 0 aliphatic carbocycles. The molecule has 0 bridgehead atoms. The highest BCUT2D eigenvalue weighted by Gasteiger charge is 2.32. The van der Waals surface area contributed by atoms with Gasteiger partial charge in [0.25, 0.3) is 5.91 Å². The summed E-state index contributed by atoms with van der Waals surface area (Å²) >= 11 is 0. The molecular formula is C26H26F3N7O2. The minimum absolute atomic E-state index is 0.0156. The lowest BCUT2D eigenvalue weighted by atomic mass is 10.1. The number of piperidine rings is 1. The minimum Gasteiger partial charge on any atom is -0.496 e. The van der Waals surface area contributed by atoms with Crippen LogP contribution in [0.3, 0.4) is 0 Å². The van der Waals surface area contributed by atoms with Crippen molar-refractivity contribution in [1.29, 1.82) is 0 Å². The van der Waals surface area contributed by atoms with Crippen LogP contribution in [0.25, 0.3) is 22.3 Å². The predicted molar refractivity (Wildman–Crippen MR) is 135 cm³/mol. The lowest BCUT2D eigenvalue weighted by Gasteiger charge is -2.23. The number of benzene rings is 2. The molecule has 1 amide bonds. The minimum atomic E-state index is -4.53. The third kappa shape index (κ3) is 4.99. The summed E-state index contributed by atoms with van der Waals surface area (Å²) in [5.74, 6) is -0.347. The van der Waals surface area contributed by atoms with E-state index in [-0.39, 0.29) is 23.9 Å². The van der Waals surface area contributed by atoms with Crippen molar-refractivity contribution in [2.75, 3.05) is 25.9 Å². The third-order valence-electron chi connectivity index (χ3n) is 6.59. The molecule has 4 aromatic rings. The molecule has 12 heteroatoms. The van der Waals surface area contributed by atoms with Crippen LogP contribution in [0.5, 0.6) is 5.75 Å². The standard InChI is InChI=1S/C26H26F3N7O2/c1-38-20-11-17(26(27,28)29)8-9-19(20)25(37)32-12-15-4-6-16(7-5-15)22-21-23(30)33-14-34-24(21)36(35-22)18-3-2-10-31-13-18/h4-9,11,14,18,31H,2-3,10,12-13H2,1H3,(H,32,37)(H2,30,33,34)/t18-/m1/s1. The zero-order valence-corrected chi connectivity index (χ0v) is 20.5. The van der Waals surface area contributed by atoms with Crippen molar-refractivity contribution in [3.8, 4) is 17.0 Å². The summed E-state index contributed by atoms with van der Waals surface area (Å²) in [5.41, 5.74) is 8.31. The number of hydrogen-bond acceptors (Lipinski definition) is 7. The Morgan fingerprint density at radius 2 is 2.00 bits per heavy atom. The molecule has 3 heterocycles. The Morgan fingerprint density at radius 3 is 2.68 bits per heavy atom. The van der Waals surface area contributed by atoms with Gasteiger partial charge < -0.3 is 21.1 Å². The number of carbonyl (C=O) groups is 1. The molecular weight excluding hydrogens is 499 g/mol. The zero-order chi connectivity index (χ0) is 26.9. The molecule has 1 fully saturated rings. The van der Waals surface area contributed by atoms with E-state index in [1.54, 1.807) is 0 Å². The zero-order valence-electron chi connectivity index (χ0n) is 20.5. The number of rotatable bonds is 6. The number of anilines is 1. The van der Waals surface area contributed by atoms with Gasteiger partial charge in [-0.25, -0.2) is 14.6 Å². The summed E-state index contributed by atoms with van der Waals surface area (Å²) in [6, 6.07) is 10.4. The Morgan fingerprint density at radius 1 is 1.21 bits per heavy atom. The van der Waals surface area contributed by atoms with E-state index in [0.717, 1.165) is 55.3 Å². The largest absolute Gasteiger partial charge is 0.496 e. The Hall–Kier alpha value is -4.19. The lowest BCUT2D eigenvalue weighted by molar-refractivity contribution is -0.137. The van der Waals surface area contributed by atoms with Crippen LogP contribution in [0.1, 0.15) is 40.4 Å². The monoisotopic (exact) mass is 525 g/mol. The molecule has 5 rings (SSSR count). The molecule has 38 heavy (non-hydrogen) atoms. The number of nitrogen functional groups attached to an aromatic ring is 1. The van der Waals surface area contributed by atoms with Gasteiger partial charge in [-0.1, -0.05) is 24.3 Å². The maximum Gasteiger partial charge on any atom is 0.416 e. The van der Waals surface area contributed by atoms with E-state index >= 15 is 0 Å². The van der Waals surface area contributed by atoms with Crippen LogP contribution < -0.4 is 21.1 Å². The van der Waals surface area contributed by atoms with Crippen LogP contribution in [0, 0.1) is 0 Å². The lowest BCUT2D eigenvalue weighted by Crippen LogP contribution is -2.32. The highest BCUT2D eigenvalue weighted by atomic mass is 19.4. The average Bonchev–Trinajstić information content (AvgIpc) is 3.32. The van der Waals surface area contributed by atoms with Crippen molar-refractivity contribution in [3.05, 3.63) is 65.5 Å². The Labute approximate surface area is 216 Å². The molecule has 1 atom stereocenters. The second-order valence-electron chi connectivity index (χ2n) is 9.04. The molecule has 0 radical (unpaired) electrons. The van der Waals surface area contributed by atoms with Gasteiger partial charge in [0.1, 0.15) is 23.6 Å². The molecule has 0 spiro atoms. The SMILES string of the molecule is COc1cc(C(F)(F)F)ccc1C(=O)NCc1ccc(-c2nn([C@@H]3CCCNC3)c3ncnc(N)c23)cc1. The fourth-order valence-corrected chi connectivity index (χ4v) is 4.61. The van der Waals surface area contributed by atoms with E-state index < -0.39 is 17.6 Å². The quantitative estimate of drug-likeness (QED) is 0.349. The number of nitrogens with one attached hydrogen (secondary N) is 2. The average molecular weight is 526 g/mol. The number of hydrogen-bond donors (Lipinski definition) is 3. The number of aromatic nitrogens is 4. The van der Waals surface area contributed by atoms with Gasteiger partial charge in [0.15, 0.2) is 5.65 Å². The first-order valence-electron chi connectivity index (χ1n) is 12.1. The molecule has 198 valence electrons. The number of fused-ring (bicyclic) bond motifs is 1. The summed E-state index contributed by atoms with van der Waals surface area (Å²) in [4.78, 5) is 21.3. The van der Waals surface area contributed by atoms with E-state index in [0.29, 0.717) is 22.5 Å². The number of methoxy groups -OCH3 is 1. The fraction of sp³-hybridized carbons (Fsp3) is 0.308. The molecule has 1 saturated heterocycles. The highest BCUT2D eigenvalue weighted by molar-refractivity contribution is 5.98. The van der Waals surface area contributed by atoms with Crippen molar-refractivity contribution in [2.24, 2.45) is 0 Å². The molecule has 2 aromatic carbocycles. The topological polar surface area (TPSA) is 120 Å². The van der Waals surface area contributed by atoms with Gasteiger partial charge in [0.05, 0.1) is 29.7 Å². The van der Waals surface area contributed by atoms with Gasteiger partial charge in [-0.15, -0.1) is 0 Å². The number of carbonyl (C=O) groups excluding carboxylic acids is 1. The molecule has 0 saturated carbocycles. The molecule has 1 aliphatic rings. The summed E-state index contributed by atoms with van der Waals surface area (Å²) in [7, 11) is 1.22. The van der Waals surface area contributed by atoms with Crippen LogP contribution >= 0.6 is 0 Å². The van der Waals surface area contributed by atoms with Gasteiger partial charge in [0, 0.05) is 18.7 Å². The van der Waals surface area contributed by atoms with E-state index in [1.807, 2.05) is 28.9 Å². The second-order valence-corrected chi connectivity index (χ2v) is 9.04. The Kier molecular flexibility index (Phi) is 6.89. The summed E-state index contributed by atoms with van der Waals surface area (Å²) in [6.45, 7) is 1.93. The third-order valence-corrected chi connectivity index (χ3v) is 6.59. The van der Waals surface area contributed by atoms with Crippen molar-refractivity contribution < 1.29 is 22.7 Å². The van der Waals surface area contributed by atoms with E-state index in [1.165, 1.54) is 13.4 Å². The van der Waals surface area contributed by atoms with Crippen molar-refractivity contribution in [2.45, 2.75) is 31.6 Å². The Bertz CT molecular complexity index is 1460. The van der Waals surface area contributed by atoms with E-state index in [2.05, 4.69) is 20.6 Å². The first kappa shape index (κ1) is 25.5. The van der Waals surface area contributed by atoms with Crippen molar-refractivity contribution in [3.63, 3.8) is 0 Å². The van der Waals surface area contributed by atoms with Crippen LogP contribution in [0.15, 0.2) is 48.8 Å². The molecule has 9 nitrogen and oxygen atoms in total.